The average Bonchev–Trinajstić information content (AvgIpc) is 3.01. The summed E-state index contributed by atoms with van der Waals surface area (Å²) in [7, 11) is -2.33. The highest BCUT2D eigenvalue weighted by atomic mass is 32.2. The molecule has 1 N–H and O–H groups in total. The molecule has 0 fully saturated rings. The van der Waals surface area contributed by atoms with Gasteiger partial charge in [-0.2, -0.15) is 18.3 Å². The third-order valence-electron chi connectivity index (χ3n) is 4.46. The van der Waals surface area contributed by atoms with Crippen LogP contribution in [0.4, 0.5) is 13.2 Å². The van der Waals surface area contributed by atoms with Crippen LogP contribution in [0.2, 0.25) is 0 Å². The Morgan fingerprint density at radius 2 is 2.11 bits per heavy atom. The molecule has 28 heavy (non-hydrogen) atoms. The highest BCUT2D eigenvalue weighted by molar-refractivity contribution is 7.89. The lowest BCUT2D eigenvalue weighted by molar-refractivity contribution is -0.142. The van der Waals surface area contributed by atoms with E-state index in [1.54, 1.807) is 13.0 Å². The van der Waals surface area contributed by atoms with Crippen LogP contribution in [0, 0.1) is 6.92 Å². The summed E-state index contributed by atoms with van der Waals surface area (Å²) < 4.78 is 78.2. The van der Waals surface area contributed by atoms with E-state index in [4.69, 9.17) is 9.47 Å². The van der Waals surface area contributed by atoms with Gasteiger partial charge in [0.25, 0.3) is 0 Å². The molecule has 2 heterocycles. The molecule has 1 aromatic carbocycles. The van der Waals surface area contributed by atoms with Crippen molar-refractivity contribution in [3.8, 4) is 5.75 Å². The van der Waals surface area contributed by atoms with Gasteiger partial charge < -0.3 is 9.47 Å². The highest BCUT2D eigenvalue weighted by Crippen LogP contribution is 2.34. The van der Waals surface area contributed by atoms with Gasteiger partial charge in [-0.05, 0) is 30.7 Å². The van der Waals surface area contributed by atoms with Gasteiger partial charge in [-0.1, -0.05) is 0 Å². The van der Waals surface area contributed by atoms with Crippen LogP contribution in [0.25, 0.3) is 0 Å². The predicted molar refractivity (Wildman–Crippen MR) is 93.5 cm³/mol. The van der Waals surface area contributed by atoms with Crippen molar-refractivity contribution in [1.29, 1.82) is 0 Å². The first-order chi connectivity index (χ1) is 13.1. The average molecular weight is 419 g/mol. The molecule has 0 aliphatic carbocycles. The van der Waals surface area contributed by atoms with Gasteiger partial charge in [-0.3, -0.25) is 4.68 Å². The number of aromatic nitrogens is 2. The number of ether oxygens (including phenoxy) is 2. The maximum atomic E-state index is 13.2. The normalized spacial score (nSPS) is 14.8. The lowest BCUT2D eigenvalue weighted by Crippen LogP contribution is -2.28. The minimum Gasteiger partial charge on any atom is -0.496 e. The molecule has 0 bridgehead atoms. The van der Waals surface area contributed by atoms with Gasteiger partial charge in [0.15, 0.2) is 5.69 Å². The molecule has 0 amide bonds. The lowest BCUT2D eigenvalue weighted by atomic mass is 10.1. The molecule has 0 saturated carbocycles. The third-order valence-corrected chi connectivity index (χ3v) is 5.92. The van der Waals surface area contributed by atoms with Gasteiger partial charge in [0.1, 0.15) is 5.75 Å². The fraction of sp³-hybridized carbons (Fsp3) is 0.471. The Morgan fingerprint density at radius 1 is 1.36 bits per heavy atom. The number of fused-ring (bicyclic) bond motifs is 1. The van der Waals surface area contributed by atoms with Gasteiger partial charge in [-0.25, -0.2) is 13.1 Å². The lowest BCUT2D eigenvalue weighted by Gasteiger charge is -2.15. The highest BCUT2D eigenvalue weighted by Gasteiger charge is 2.39. The molecular formula is C17H20F3N3O4S. The number of alkyl halides is 3. The van der Waals surface area contributed by atoms with E-state index in [-0.39, 0.29) is 30.2 Å². The first-order valence-corrected chi connectivity index (χ1v) is 9.99. The second-order valence-electron chi connectivity index (χ2n) is 6.33. The fourth-order valence-corrected chi connectivity index (χ4v) is 4.21. The molecular weight excluding hydrogens is 399 g/mol. The van der Waals surface area contributed by atoms with E-state index >= 15 is 0 Å². The molecule has 1 aliphatic heterocycles. The summed E-state index contributed by atoms with van der Waals surface area (Å²) in [5.74, 6) is 0.559. The SMILES string of the molecule is COc1ccc(S(=O)(=O)NCCn2nc(C(F)(F)F)c3c2CCOC3)cc1C. The number of nitrogens with zero attached hydrogens (tertiary/aromatic N) is 2. The molecule has 0 unspecified atom stereocenters. The number of nitrogens with one attached hydrogen (secondary N) is 1. The standard InChI is InChI=1S/C17H20F3N3O4S/c1-11-9-12(3-4-15(11)26-2)28(24,25)21-6-7-23-14-5-8-27-10-13(14)16(22-23)17(18,19)20/h3-4,9,21H,5-8,10H2,1-2H3. The van der Waals surface area contributed by atoms with E-state index in [1.807, 2.05) is 0 Å². The second kappa shape index (κ2) is 7.72. The number of methoxy groups -OCH3 is 1. The summed E-state index contributed by atoms with van der Waals surface area (Å²) in [6, 6.07) is 4.42. The maximum absolute atomic E-state index is 13.2. The van der Waals surface area contributed by atoms with Crippen LogP contribution < -0.4 is 9.46 Å². The minimum absolute atomic E-state index is 0.0207. The van der Waals surface area contributed by atoms with E-state index in [9.17, 15) is 21.6 Å². The van der Waals surface area contributed by atoms with E-state index < -0.39 is 21.9 Å². The van der Waals surface area contributed by atoms with Crippen LogP contribution in [0.1, 0.15) is 22.5 Å². The van der Waals surface area contributed by atoms with E-state index in [1.165, 1.54) is 23.9 Å². The Labute approximate surface area is 160 Å². The van der Waals surface area contributed by atoms with Crippen molar-refractivity contribution >= 4 is 10.0 Å². The molecule has 0 radical (unpaired) electrons. The zero-order valence-corrected chi connectivity index (χ0v) is 16.2. The summed E-state index contributed by atoms with van der Waals surface area (Å²) in [6.45, 7) is 1.74. The molecule has 3 rings (SSSR count). The summed E-state index contributed by atoms with van der Waals surface area (Å²) >= 11 is 0. The largest absolute Gasteiger partial charge is 0.496 e. The van der Waals surface area contributed by atoms with Crippen molar-refractivity contribution in [2.45, 2.75) is 37.6 Å². The molecule has 11 heteroatoms. The van der Waals surface area contributed by atoms with Gasteiger partial charge in [0, 0.05) is 24.2 Å². The van der Waals surface area contributed by atoms with Crippen molar-refractivity contribution in [1.82, 2.24) is 14.5 Å². The number of benzene rings is 1. The van der Waals surface area contributed by atoms with Gasteiger partial charge in [-0.15, -0.1) is 0 Å². The molecule has 2 aromatic rings. The first kappa shape index (κ1) is 20.6. The summed E-state index contributed by atoms with van der Waals surface area (Å²) in [5, 5.41) is 3.65. The Balaban J connectivity index is 1.74. The number of hydrogen-bond donors (Lipinski definition) is 1. The Bertz CT molecular complexity index is 971. The Morgan fingerprint density at radius 3 is 2.75 bits per heavy atom. The zero-order chi connectivity index (χ0) is 20.5. The molecule has 7 nitrogen and oxygen atoms in total. The van der Waals surface area contributed by atoms with Crippen molar-refractivity contribution in [2.24, 2.45) is 0 Å². The van der Waals surface area contributed by atoms with Crippen molar-refractivity contribution in [3.63, 3.8) is 0 Å². The molecule has 1 aromatic heterocycles. The first-order valence-electron chi connectivity index (χ1n) is 8.51. The van der Waals surface area contributed by atoms with Crippen LogP contribution >= 0.6 is 0 Å². The van der Waals surface area contributed by atoms with E-state index in [0.29, 0.717) is 30.0 Å². The van der Waals surface area contributed by atoms with Crippen LogP contribution in [-0.2, 0) is 40.5 Å². The Hall–Kier alpha value is -2.11. The quantitative estimate of drug-likeness (QED) is 0.777. The summed E-state index contributed by atoms with van der Waals surface area (Å²) in [6.07, 6.45) is -4.29. The maximum Gasteiger partial charge on any atom is 0.435 e. The van der Waals surface area contributed by atoms with Gasteiger partial charge in [0.2, 0.25) is 10.0 Å². The monoisotopic (exact) mass is 419 g/mol. The van der Waals surface area contributed by atoms with Crippen molar-refractivity contribution < 1.29 is 31.1 Å². The predicted octanol–water partition coefficient (Wildman–Crippen LogP) is 2.27. The number of halogens is 3. The molecule has 0 atom stereocenters. The zero-order valence-electron chi connectivity index (χ0n) is 15.3. The number of hydrogen-bond acceptors (Lipinski definition) is 5. The van der Waals surface area contributed by atoms with Crippen LogP contribution in [0.15, 0.2) is 23.1 Å². The van der Waals surface area contributed by atoms with Crippen molar-refractivity contribution in [2.75, 3.05) is 20.3 Å². The smallest absolute Gasteiger partial charge is 0.435 e. The van der Waals surface area contributed by atoms with E-state index in [2.05, 4.69) is 9.82 Å². The number of aryl methyl sites for hydroxylation is 1. The summed E-state index contributed by atoms with van der Waals surface area (Å²) in [4.78, 5) is 0.0534. The minimum atomic E-state index is -4.59. The van der Waals surface area contributed by atoms with Gasteiger partial charge in [0.05, 0.1) is 31.8 Å². The molecule has 1 aliphatic rings. The number of sulfonamides is 1. The third kappa shape index (κ3) is 4.15. The van der Waals surface area contributed by atoms with Crippen LogP contribution in [0.5, 0.6) is 5.75 Å². The van der Waals surface area contributed by atoms with Crippen molar-refractivity contribution in [3.05, 3.63) is 40.7 Å². The molecule has 0 spiro atoms. The Kier molecular flexibility index (Phi) is 5.69. The van der Waals surface area contributed by atoms with Gasteiger partial charge >= 0.3 is 6.18 Å². The second-order valence-corrected chi connectivity index (χ2v) is 8.09. The molecule has 154 valence electrons. The van der Waals surface area contributed by atoms with E-state index in [0.717, 1.165) is 0 Å². The summed E-state index contributed by atoms with van der Waals surface area (Å²) in [5.41, 5.74) is 0.127. The number of rotatable bonds is 6. The fourth-order valence-electron chi connectivity index (χ4n) is 3.11. The van der Waals surface area contributed by atoms with Crippen LogP contribution in [0.3, 0.4) is 0 Å². The van der Waals surface area contributed by atoms with Crippen LogP contribution in [-0.4, -0.2) is 38.5 Å². The topological polar surface area (TPSA) is 82.5 Å². The molecule has 0 saturated heterocycles.